The number of likely N-dealkylation sites (N-methyl/N-ethyl adjacent to an activating group) is 1. The minimum absolute atomic E-state index is 0.128. The number of rotatable bonds is 3. The van der Waals surface area contributed by atoms with E-state index in [4.69, 9.17) is 0 Å². The molecule has 0 bridgehead atoms. The van der Waals surface area contributed by atoms with Crippen LogP contribution >= 0.6 is 0 Å². The van der Waals surface area contributed by atoms with Gasteiger partial charge in [0.2, 0.25) is 9.84 Å². The van der Waals surface area contributed by atoms with Crippen molar-refractivity contribution in [1.29, 1.82) is 0 Å². The largest absolute Gasteiger partial charge is 0.416 e. The average molecular weight is 439 g/mol. The molecule has 1 fully saturated rings. The molecule has 0 radical (unpaired) electrons. The normalized spacial score (nSPS) is 22.5. The Labute approximate surface area is 175 Å². The summed E-state index contributed by atoms with van der Waals surface area (Å²) in [6.45, 7) is 5.14. The van der Waals surface area contributed by atoms with Crippen molar-refractivity contribution in [2.45, 2.75) is 47.7 Å². The highest BCUT2D eigenvalue weighted by Crippen LogP contribution is 2.45. The Hall–Kier alpha value is -2.06. The summed E-state index contributed by atoms with van der Waals surface area (Å²) in [6, 6.07) is 9.15. The molecule has 0 aliphatic carbocycles. The molecule has 2 aliphatic heterocycles. The van der Waals surface area contributed by atoms with E-state index in [1.807, 2.05) is 6.07 Å². The summed E-state index contributed by atoms with van der Waals surface area (Å²) < 4.78 is 64.6. The molecule has 0 saturated carbocycles. The van der Waals surface area contributed by atoms with Gasteiger partial charge in [0.15, 0.2) is 0 Å². The molecule has 0 amide bonds. The molecule has 4 nitrogen and oxygen atoms in total. The Morgan fingerprint density at radius 2 is 1.63 bits per heavy atom. The lowest BCUT2D eigenvalue weighted by Crippen LogP contribution is -2.31. The van der Waals surface area contributed by atoms with Crippen LogP contribution in [-0.2, 0) is 16.0 Å². The van der Waals surface area contributed by atoms with Crippen LogP contribution in [0, 0.1) is 0 Å². The average Bonchev–Trinajstić information content (AvgIpc) is 2.86. The van der Waals surface area contributed by atoms with Gasteiger partial charge in [0.05, 0.1) is 15.4 Å². The number of benzene rings is 2. The number of alkyl halides is 3. The van der Waals surface area contributed by atoms with Crippen molar-refractivity contribution in [2.24, 2.45) is 0 Å². The minimum Gasteiger partial charge on any atom is -0.371 e. The van der Waals surface area contributed by atoms with Gasteiger partial charge in [0, 0.05) is 31.2 Å². The van der Waals surface area contributed by atoms with Crippen LogP contribution in [0.1, 0.15) is 36.8 Å². The van der Waals surface area contributed by atoms with Crippen molar-refractivity contribution in [1.82, 2.24) is 4.90 Å². The molecule has 0 aromatic heterocycles. The third-order valence-corrected chi connectivity index (χ3v) is 8.25. The molecule has 30 heavy (non-hydrogen) atoms. The van der Waals surface area contributed by atoms with Crippen LogP contribution in [0.15, 0.2) is 52.3 Å². The molecular weight excluding hydrogens is 413 g/mol. The van der Waals surface area contributed by atoms with Crippen molar-refractivity contribution < 1.29 is 21.6 Å². The highest BCUT2D eigenvalue weighted by Gasteiger charge is 2.39. The Bertz CT molecular complexity index is 1040. The van der Waals surface area contributed by atoms with Gasteiger partial charge >= 0.3 is 6.18 Å². The Morgan fingerprint density at radius 3 is 2.27 bits per heavy atom. The van der Waals surface area contributed by atoms with E-state index in [1.54, 1.807) is 12.1 Å². The number of likely N-dealkylation sites (tertiary alicyclic amines) is 1. The van der Waals surface area contributed by atoms with E-state index >= 15 is 0 Å². The van der Waals surface area contributed by atoms with Crippen molar-refractivity contribution in [3.63, 3.8) is 0 Å². The van der Waals surface area contributed by atoms with Gasteiger partial charge in [-0.05, 0) is 74.0 Å². The van der Waals surface area contributed by atoms with Crippen molar-refractivity contribution in [2.75, 3.05) is 31.6 Å². The third kappa shape index (κ3) is 3.60. The first-order valence-corrected chi connectivity index (χ1v) is 11.6. The van der Waals surface area contributed by atoms with Crippen LogP contribution in [-0.4, -0.2) is 46.0 Å². The molecule has 2 aromatic carbocycles. The number of halogens is 3. The van der Waals surface area contributed by atoms with Crippen LogP contribution in [0.4, 0.5) is 18.9 Å². The zero-order valence-electron chi connectivity index (χ0n) is 17.0. The van der Waals surface area contributed by atoms with Crippen molar-refractivity contribution >= 4 is 15.5 Å². The topological polar surface area (TPSA) is 40.6 Å². The Balaban J connectivity index is 1.68. The maximum atomic E-state index is 13.1. The first-order chi connectivity index (χ1) is 14.1. The molecule has 2 aliphatic rings. The van der Waals surface area contributed by atoms with E-state index in [0.717, 1.165) is 68.0 Å². The molecule has 8 heteroatoms. The lowest BCUT2D eigenvalue weighted by molar-refractivity contribution is -0.137. The summed E-state index contributed by atoms with van der Waals surface area (Å²) in [6.07, 6.45) is -2.52. The maximum Gasteiger partial charge on any atom is 0.416 e. The Kier molecular flexibility index (Phi) is 5.34. The number of hydrogen-bond donors (Lipinski definition) is 0. The van der Waals surface area contributed by atoms with E-state index in [-0.39, 0.29) is 15.7 Å². The number of fused-ring (bicyclic) bond motifs is 3. The molecule has 1 saturated heterocycles. The highest BCUT2D eigenvalue weighted by atomic mass is 32.2. The standard InChI is InChI=1S/C22H25F3N2O2S/c1-3-27-12-10-18-19-14-17(8-9-20(19)26(2)21(18)11-13-27)30(28,29)16-6-4-15(5-7-16)22(23,24)25/h4-9,14,18,21H,3,10-13H2,1-2H3/t18-,21+/m1/s1. The predicted octanol–water partition coefficient (Wildman–Crippen LogP) is 4.56. The summed E-state index contributed by atoms with van der Waals surface area (Å²) >= 11 is 0. The van der Waals surface area contributed by atoms with Gasteiger partial charge < -0.3 is 9.80 Å². The first kappa shape index (κ1) is 21.2. The highest BCUT2D eigenvalue weighted by molar-refractivity contribution is 7.91. The van der Waals surface area contributed by atoms with E-state index in [2.05, 4.69) is 23.8 Å². The van der Waals surface area contributed by atoms with Crippen molar-refractivity contribution in [3.8, 4) is 0 Å². The van der Waals surface area contributed by atoms with Crippen LogP contribution in [0.3, 0.4) is 0 Å². The van der Waals surface area contributed by atoms with Gasteiger partial charge in [0.25, 0.3) is 0 Å². The fourth-order valence-electron chi connectivity index (χ4n) is 4.74. The zero-order chi connectivity index (χ0) is 21.7. The fraction of sp³-hybridized carbons (Fsp3) is 0.455. The second-order valence-electron chi connectivity index (χ2n) is 8.04. The van der Waals surface area contributed by atoms with E-state index < -0.39 is 21.6 Å². The van der Waals surface area contributed by atoms with E-state index in [9.17, 15) is 21.6 Å². The minimum atomic E-state index is -4.50. The predicted molar refractivity (Wildman–Crippen MR) is 110 cm³/mol. The summed E-state index contributed by atoms with van der Waals surface area (Å²) in [7, 11) is -1.85. The van der Waals surface area contributed by atoms with Gasteiger partial charge in [-0.2, -0.15) is 13.2 Å². The van der Waals surface area contributed by atoms with E-state index in [1.165, 1.54) is 0 Å². The summed E-state index contributed by atoms with van der Waals surface area (Å²) in [5.74, 6) is 0.254. The molecule has 0 N–H and O–H groups in total. The van der Waals surface area contributed by atoms with Gasteiger partial charge in [-0.3, -0.25) is 0 Å². The lowest BCUT2D eigenvalue weighted by atomic mass is 9.91. The lowest BCUT2D eigenvalue weighted by Gasteiger charge is -2.25. The second kappa shape index (κ2) is 7.57. The maximum absolute atomic E-state index is 13.1. The molecule has 0 spiro atoms. The van der Waals surface area contributed by atoms with Crippen LogP contribution in [0.25, 0.3) is 0 Å². The van der Waals surface area contributed by atoms with Crippen LogP contribution in [0.5, 0.6) is 0 Å². The molecule has 2 heterocycles. The summed E-state index contributed by atoms with van der Waals surface area (Å²) in [5.41, 5.74) is 1.20. The molecule has 2 aromatic rings. The zero-order valence-corrected chi connectivity index (χ0v) is 17.8. The number of sulfone groups is 1. The summed E-state index contributed by atoms with van der Waals surface area (Å²) in [5, 5.41) is 0. The molecule has 4 rings (SSSR count). The number of anilines is 1. The van der Waals surface area contributed by atoms with Gasteiger partial charge in [-0.25, -0.2) is 8.42 Å². The molecule has 2 atom stereocenters. The van der Waals surface area contributed by atoms with Gasteiger partial charge in [-0.1, -0.05) is 6.92 Å². The van der Waals surface area contributed by atoms with Crippen LogP contribution < -0.4 is 4.90 Å². The van der Waals surface area contributed by atoms with Crippen molar-refractivity contribution in [3.05, 3.63) is 53.6 Å². The third-order valence-electron chi connectivity index (χ3n) is 6.49. The fourth-order valence-corrected chi connectivity index (χ4v) is 6.04. The number of nitrogens with zero attached hydrogens (tertiary/aromatic N) is 2. The first-order valence-electron chi connectivity index (χ1n) is 10.1. The second-order valence-corrected chi connectivity index (χ2v) is 9.99. The quantitative estimate of drug-likeness (QED) is 0.705. The summed E-state index contributed by atoms with van der Waals surface area (Å²) in [4.78, 5) is 4.66. The SMILES string of the molecule is CCN1CC[C@@H]2c3cc(S(=O)(=O)c4ccc(C(F)(F)F)cc4)ccc3N(C)[C@H]2CC1. The smallest absolute Gasteiger partial charge is 0.371 e. The molecule has 0 unspecified atom stereocenters. The molecular formula is C22H25F3N2O2S. The van der Waals surface area contributed by atoms with Gasteiger partial charge in [-0.15, -0.1) is 0 Å². The monoisotopic (exact) mass is 438 g/mol. The van der Waals surface area contributed by atoms with E-state index in [0.29, 0.717) is 6.04 Å². The van der Waals surface area contributed by atoms with Gasteiger partial charge in [0.1, 0.15) is 0 Å². The Morgan fingerprint density at radius 1 is 1.00 bits per heavy atom. The number of hydrogen-bond acceptors (Lipinski definition) is 4. The van der Waals surface area contributed by atoms with Crippen LogP contribution in [0.2, 0.25) is 0 Å². The molecule has 162 valence electrons.